The maximum absolute atomic E-state index is 5.24. The molecule has 0 amide bonds. The van der Waals surface area contributed by atoms with Crippen molar-refractivity contribution in [3.8, 4) is 62.1 Å². The zero-order chi connectivity index (χ0) is 49.4. The monoisotopic (exact) mass is 957 g/mol. The minimum atomic E-state index is 0.684. The van der Waals surface area contributed by atoms with Gasteiger partial charge in [-0.15, -0.1) is 0 Å². The van der Waals surface area contributed by atoms with E-state index in [0.29, 0.717) is 5.82 Å². The Balaban J connectivity index is 0.913. The maximum Gasteiger partial charge on any atom is 0.160 e. The van der Waals surface area contributed by atoms with Gasteiger partial charge in [-0.05, 0) is 132 Å². The van der Waals surface area contributed by atoms with Crippen LogP contribution in [0.25, 0.3) is 128 Å². The molecule has 0 aliphatic heterocycles. The number of nitrogens with zero attached hydrogens (tertiary/aromatic N) is 5. The van der Waals surface area contributed by atoms with Crippen molar-refractivity contribution in [3.05, 3.63) is 272 Å². The van der Waals surface area contributed by atoms with Gasteiger partial charge in [-0.3, -0.25) is 0 Å². The molecule has 0 unspecified atom stereocenters. The van der Waals surface area contributed by atoms with Crippen LogP contribution >= 0.6 is 0 Å². The number of para-hydroxylation sites is 4. The molecule has 1 aliphatic carbocycles. The van der Waals surface area contributed by atoms with E-state index in [1.54, 1.807) is 0 Å². The minimum absolute atomic E-state index is 0.684. The molecule has 4 heterocycles. The topological polar surface area (TPSA) is 40.6 Å². The van der Waals surface area contributed by atoms with Gasteiger partial charge in [-0.1, -0.05) is 164 Å². The summed E-state index contributed by atoms with van der Waals surface area (Å²) in [4.78, 5) is 10.5. The van der Waals surface area contributed by atoms with Crippen LogP contribution in [0.2, 0.25) is 0 Å². The Morgan fingerprint density at radius 2 is 0.720 bits per heavy atom. The van der Waals surface area contributed by atoms with Crippen LogP contribution in [0.15, 0.2) is 255 Å². The van der Waals surface area contributed by atoms with Gasteiger partial charge in [0.15, 0.2) is 5.82 Å². The summed E-state index contributed by atoms with van der Waals surface area (Å²) < 4.78 is 7.28. The fourth-order valence-corrected chi connectivity index (χ4v) is 11.9. The predicted molar refractivity (Wildman–Crippen MR) is 312 cm³/mol. The third-order valence-electron chi connectivity index (χ3n) is 15.4. The highest BCUT2D eigenvalue weighted by Gasteiger charge is 2.24. The molecule has 15 rings (SSSR count). The summed E-state index contributed by atoms with van der Waals surface area (Å²) in [5.74, 6) is 0.684. The fraction of sp³-hybridized carbons (Fsp3) is 0.0286. The van der Waals surface area contributed by atoms with E-state index in [1.807, 2.05) is 12.1 Å². The Kier molecular flexibility index (Phi) is 9.95. The second-order valence-electron chi connectivity index (χ2n) is 19.7. The van der Waals surface area contributed by atoms with E-state index in [4.69, 9.17) is 9.97 Å². The van der Waals surface area contributed by atoms with E-state index in [9.17, 15) is 0 Å². The molecule has 5 heteroatoms. The number of benzene rings is 10. The SMILES string of the molecule is C1=C(c2ccc3c(c2)c2cc(-c4ccc5c(c4)c4ccccc4n5-c4ccccc4)ccc2n3-c2cccc(-c3nc(-c4ccccc4)cc(-c4ccccc4)n3)c2)CCc2c1c1ccccc1n2-c1ccccc1. The summed E-state index contributed by atoms with van der Waals surface area (Å²) in [5, 5.41) is 6.18. The van der Waals surface area contributed by atoms with Crippen LogP contribution in [-0.2, 0) is 6.42 Å². The first-order valence-corrected chi connectivity index (χ1v) is 25.9. The summed E-state index contributed by atoms with van der Waals surface area (Å²) >= 11 is 0. The zero-order valence-corrected chi connectivity index (χ0v) is 41.0. The van der Waals surface area contributed by atoms with E-state index in [-0.39, 0.29) is 0 Å². The molecule has 75 heavy (non-hydrogen) atoms. The van der Waals surface area contributed by atoms with Crippen LogP contribution < -0.4 is 0 Å². The molecule has 5 nitrogen and oxygen atoms in total. The standard InChI is InChI=1S/C70H47N5/c1-5-18-46(19-6-1)62-45-63(47-20-7-2-8-21-47)72-70(71-62)52-22-17-27-55(40-52)75-68-38-34-50(48-32-36-66-58(41-48)56-28-13-15-30-64(56)73(66)53-23-9-3-10-24-53)43-60(68)61-44-51(35-39-69(61)75)49-33-37-67-59(42-49)57-29-14-16-31-65(57)74(67)54-25-11-4-12-26-54/h1-32,34-36,38-45H,33,37H2. The van der Waals surface area contributed by atoms with Gasteiger partial charge in [0.1, 0.15) is 0 Å². The number of rotatable bonds is 8. The Morgan fingerprint density at radius 1 is 0.280 bits per heavy atom. The molecule has 0 saturated carbocycles. The summed E-state index contributed by atoms with van der Waals surface area (Å²) in [5.41, 5.74) is 21.8. The molecule has 0 fully saturated rings. The van der Waals surface area contributed by atoms with Crippen molar-refractivity contribution in [2.45, 2.75) is 12.8 Å². The molecule has 0 spiro atoms. The molecule has 14 aromatic rings. The maximum atomic E-state index is 5.24. The van der Waals surface area contributed by atoms with Crippen LogP contribution in [-0.4, -0.2) is 23.7 Å². The first kappa shape index (κ1) is 42.8. The Labute approximate surface area is 434 Å². The number of hydrogen-bond donors (Lipinski definition) is 0. The van der Waals surface area contributed by atoms with Crippen molar-refractivity contribution in [2.75, 3.05) is 0 Å². The number of allylic oxidation sites excluding steroid dienone is 1. The van der Waals surface area contributed by atoms with Gasteiger partial charge < -0.3 is 13.7 Å². The van der Waals surface area contributed by atoms with Gasteiger partial charge in [0.05, 0.1) is 39.0 Å². The molecule has 0 radical (unpaired) electrons. The highest BCUT2D eigenvalue weighted by molar-refractivity contribution is 6.13. The lowest BCUT2D eigenvalue weighted by molar-refractivity contribution is 0.898. The van der Waals surface area contributed by atoms with E-state index in [2.05, 4.69) is 262 Å². The Hall–Kier alpha value is -9.84. The third kappa shape index (κ3) is 7.15. The van der Waals surface area contributed by atoms with Crippen LogP contribution in [0.1, 0.15) is 23.2 Å². The van der Waals surface area contributed by atoms with Gasteiger partial charge in [-0.2, -0.15) is 0 Å². The third-order valence-corrected chi connectivity index (χ3v) is 15.4. The first-order chi connectivity index (χ1) is 37.2. The lowest BCUT2D eigenvalue weighted by Gasteiger charge is -2.18. The van der Waals surface area contributed by atoms with Crippen molar-refractivity contribution >= 4 is 66.2 Å². The molecular weight excluding hydrogens is 911 g/mol. The summed E-state index contributed by atoms with van der Waals surface area (Å²) in [7, 11) is 0. The predicted octanol–water partition coefficient (Wildman–Crippen LogP) is 17.8. The van der Waals surface area contributed by atoms with Crippen molar-refractivity contribution in [3.63, 3.8) is 0 Å². The summed E-state index contributed by atoms with van der Waals surface area (Å²) in [6.45, 7) is 0. The van der Waals surface area contributed by atoms with Crippen molar-refractivity contribution in [1.82, 2.24) is 23.7 Å². The number of fused-ring (bicyclic) bond motifs is 9. The second-order valence-corrected chi connectivity index (χ2v) is 19.7. The Bertz CT molecular complexity index is 4500. The molecule has 0 bridgehead atoms. The highest BCUT2D eigenvalue weighted by Crippen LogP contribution is 2.43. The van der Waals surface area contributed by atoms with Gasteiger partial charge in [0.2, 0.25) is 0 Å². The smallest absolute Gasteiger partial charge is 0.160 e. The average molecular weight is 958 g/mol. The second kappa shape index (κ2) is 17.4. The van der Waals surface area contributed by atoms with E-state index >= 15 is 0 Å². The number of aromatic nitrogens is 5. The minimum Gasteiger partial charge on any atom is -0.313 e. The van der Waals surface area contributed by atoms with E-state index < -0.39 is 0 Å². The van der Waals surface area contributed by atoms with E-state index in [1.165, 1.54) is 82.7 Å². The van der Waals surface area contributed by atoms with E-state index in [0.717, 1.165) is 63.3 Å². The van der Waals surface area contributed by atoms with Gasteiger partial charge in [0, 0.05) is 71.9 Å². The highest BCUT2D eigenvalue weighted by atomic mass is 15.0. The molecule has 352 valence electrons. The van der Waals surface area contributed by atoms with Gasteiger partial charge >= 0.3 is 0 Å². The van der Waals surface area contributed by atoms with Crippen LogP contribution in [0.3, 0.4) is 0 Å². The van der Waals surface area contributed by atoms with Crippen LogP contribution in [0.5, 0.6) is 0 Å². The van der Waals surface area contributed by atoms with Gasteiger partial charge in [-0.25, -0.2) is 9.97 Å². The molecule has 4 aromatic heterocycles. The van der Waals surface area contributed by atoms with Gasteiger partial charge in [0.25, 0.3) is 0 Å². The number of hydrogen-bond acceptors (Lipinski definition) is 2. The molecule has 0 saturated heterocycles. The Morgan fingerprint density at radius 3 is 1.33 bits per heavy atom. The lowest BCUT2D eigenvalue weighted by atomic mass is 9.90. The average Bonchev–Trinajstić information content (AvgIpc) is 4.18. The molecule has 0 atom stereocenters. The van der Waals surface area contributed by atoms with Crippen LogP contribution in [0.4, 0.5) is 0 Å². The fourth-order valence-electron chi connectivity index (χ4n) is 11.9. The largest absolute Gasteiger partial charge is 0.313 e. The normalized spacial score (nSPS) is 12.5. The zero-order valence-electron chi connectivity index (χ0n) is 41.0. The lowest BCUT2D eigenvalue weighted by Crippen LogP contribution is -2.05. The van der Waals surface area contributed by atoms with Crippen molar-refractivity contribution in [1.29, 1.82) is 0 Å². The van der Waals surface area contributed by atoms with Crippen molar-refractivity contribution in [2.24, 2.45) is 0 Å². The quantitative estimate of drug-likeness (QED) is 0.152. The molecule has 10 aromatic carbocycles. The summed E-state index contributed by atoms with van der Waals surface area (Å²) in [6, 6.07) is 91.9. The molecule has 1 aliphatic rings. The summed E-state index contributed by atoms with van der Waals surface area (Å²) in [6.07, 6.45) is 4.35. The molecular formula is C70H47N5. The van der Waals surface area contributed by atoms with Crippen molar-refractivity contribution < 1.29 is 0 Å². The molecule has 0 N–H and O–H groups in total. The first-order valence-electron chi connectivity index (χ1n) is 25.9. The van der Waals surface area contributed by atoms with Crippen LogP contribution in [0, 0.1) is 0 Å².